The van der Waals surface area contributed by atoms with Crippen LogP contribution < -0.4 is 20.3 Å². The highest BCUT2D eigenvalue weighted by atomic mass is 35.5. The minimum absolute atomic E-state index is 0. The van der Waals surface area contributed by atoms with Crippen LogP contribution in [-0.4, -0.2) is 95.5 Å². The van der Waals surface area contributed by atoms with E-state index in [4.69, 9.17) is 19.3 Å². The van der Waals surface area contributed by atoms with Gasteiger partial charge in [-0.1, -0.05) is 45.0 Å². The lowest BCUT2D eigenvalue weighted by Gasteiger charge is -2.33. The number of likely N-dealkylation sites (N-methyl/N-ethyl adjacent to an activating group) is 1. The number of methoxy groups -OCH3 is 1. The van der Waals surface area contributed by atoms with E-state index in [0.29, 0.717) is 19.0 Å². The number of carbonyl (C=O) groups is 1. The van der Waals surface area contributed by atoms with Gasteiger partial charge in [-0.2, -0.15) is 5.10 Å². The molecule has 1 aliphatic heterocycles. The number of hydrogen-bond donors (Lipinski definition) is 2. The molecule has 1 fully saturated rings. The monoisotopic (exact) mass is 709 g/mol. The predicted molar refractivity (Wildman–Crippen MR) is 197 cm³/mol. The average Bonchev–Trinajstić information content (AvgIpc) is 3.69. The number of pyridine rings is 1. The van der Waals surface area contributed by atoms with Crippen molar-refractivity contribution in [3.05, 3.63) is 65.5 Å². The number of amides is 2. The SMILES string of the molecule is COCCn1nc(C(C)(C)C)cc1NC(=O)N[C@H]1CC[C@@H](Oc2ccc3nnc(N4CCC(OCCN(C)C)CC4)n3c2)c2ccccc21.Cl. The summed E-state index contributed by atoms with van der Waals surface area (Å²) in [5.41, 5.74) is 3.66. The molecule has 2 atom stereocenters. The zero-order valence-corrected chi connectivity index (χ0v) is 30.9. The average molecular weight is 710 g/mol. The summed E-state index contributed by atoms with van der Waals surface area (Å²) in [6.45, 7) is 10.8. The second kappa shape index (κ2) is 16.4. The second-order valence-corrected chi connectivity index (χ2v) is 14.3. The first kappa shape index (κ1) is 37.3. The minimum atomic E-state index is -0.270. The van der Waals surface area contributed by atoms with E-state index in [2.05, 4.69) is 77.6 Å². The number of rotatable bonds is 12. The van der Waals surface area contributed by atoms with Gasteiger partial charge in [-0.25, -0.2) is 9.48 Å². The largest absolute Gasteiger partial charge is 0.484 e. The first-order valence-electron chi connectivity index (χ1n) is 17.4. The summed E-state index contributed by atoms with van der Waals surface area (Å²) in [5.74, 6) is 2.22. The smallest absolute Gasteiger partial charge is 0.320 e. The maximum Gasteiger partial charge on any atom is 0.320 e. The molecule has 3 aromatic heterocycles. The van der Waals surface area contributed by atoms with Crippen LogP contribution in [0.4, 0.5) is 16.6 Å². The number of nitrogens with zero attached hydrogens (tertiary/aromatic N) is 7. The maximum atomic E-state index is 13.3. The molecule has 0 spiro atoms. The molecule has 0 saturated carbocycles. The highest BCUT2D eigenvalue weighted by molar-refractivity contribution is 5.88. The Morgan fingerprint density at radius 3 is 2.48 bits per heavy atom. The van der Waals surface area contributed by atoms with Crippen LogP contribution in [0.3, 0.4) is 0 Å². The summed E-state index contributed by atoms with van der Waals surface area (Å²) in [4.78, 5) is 17.8. The maximum absolute atomic E-state index is 13.3. The lowest BCUT2D eigenvalue weighted by Crippen LogP contribution is -2.38. The van der Waals surface area contributed by atoms with E-state index in [1.54, 1.807) is 11.8 Å². The predicted octanol–water partition coefficient (Wildman–Crippen LogP) is 5.62. The molecule has 4 heterocycles. The fraction of sp³-hybridized carbons (Fsp3) is 0.556. The zero-order chi connectivity index (χ0) is 34.5. The van der Waals surface area contributed by atoms with Crippen molar-refractivity contribution >= 4 is 35.9 Å². The Bertz CT molecular complexity index is 1710. The third-order valence-corrected chi connectivity index (χ3v) is 9.29. The lowest BCUT2D eigenvalue weighted by atomic mass is 9.85. The van der Waals surface area contributed by atoms with E-state index in [9.17, 15) is 4.79 Å². The van der Waals surface area contributed by atoms with Gasteiger partial charge in [-0.15, -0.1) is 22.6 Å². The van der Waals surface area contributed by atoms with Gasteiger partial charge in [-0.3, -0.25) is 9.72 Å². The molecule has 0 unspecified atom stereocenters. The highest BCUT2D eigenvalue weighted by Crippen LogP contribution is 2.39. The van der Waals surface area contributed by atoms with Gasteiger partial charge in [0.15, 0.2) is 5.65 Å². The molecule has 272 valence electrons. The molecule has 1 aromatic carbocycles. The molecular formula is C36H52ClN9O4. The van der Waals surface area contributed by atoms with Crippen LogP contribution in [-0.2, 0) is 21.4 Å². The summed E-state index contributed by atoms with van der Waals surface area (Å²) < 4.78 is 21.8. The summed E-state index contributed by atoms with van der Waals surface area (Å²) in [7, 11) is 5.79. The van der Waals surface area contributed by atoms with Crippen molar-refractivity contribution in [3.8, 4) is 5.75 Å². The van der Waals surface area contributed by atoms with Gasteiger partial charge in [-0.05, 0) is 63.0 Å². The first-order valence-corrected chi connectivity index (χ1v) is 17.4. The third kappa shape index (κ3) is 8.87. The zero-order valence-electron chi connectivity index (χ0n) is 30.1. The number of anilines is 2. The number of fused-ring (bicyclic) bond motifs is 2. The number of aromatic nitrogens is 5. The Morgan fingerprint density at radius 2 is 1.76 bits per heavy atom. The molecule has 1 saturated heterocycles. The normalized spacial score (nSPS) is 18.2. The summed E-state index contributed by atoms with van der Waals surface area (Å²) in [5, 5.41) is 19.9. The molecule has 50 heavy (non-hydrogen) atoms. The van der Waals surface area contributed by atoms with Crippen LogP contribution in [0.5, 0.6) is 5.75 Å². The topological polar surface area (TPSA) is 123 Å². The van der Waals surface area contributed by atoms with Crippen LogP contribution in [0, 0.1) is 0 Å². The van der Waals surface area contributed by atoms with Gasteiger partial charge < -0.3 is 29.3 Å². The number of carbonyl (C=O) groups excluding carboxylic acids is 1. The highest BCUT2D eigenvalue weighted by Gasteiger charge is 2.30. The van der Waals surface area contributed by atoms with Gasteiger partial charge in [0.05, 0.1) is 43.8 Å². The first-order chi connectivity index (χ1) is 23.6. The molecule has 6 rings (SSSR count). The molecule has 13 nitrogen and oxygen atoms in total. The van der Waals surface area contributed by atoms with Crippen LogP contribution in [0.15, 0.2) is 48.7 Å². The second-order valence-electron chi connectivity index (χ2n) is 14.3. The molecule has 2 amide bonds. The standard InChI is InChI=1S/C36H51N9O4.ClH/c1-36(2,3)31-23-33(45(41-31)20-21-47-6)38-34(46)37-29-12-13-30(28-10-8-7-9-27(28)29)49-26-11-14-32-39-40-35(44(32)24-26)43-17-15-25(16-18-43)48-22-19-42(4)5;/h7-11,14,23-25,29-30H,12-13,15-22H2,1-6H3,(H2,37,38,46);1H/t29-,30+;/m0./s1. The van der Waals surface area contributed by atoms with E-state index < -0.39 is 0 Å². The van der Waals surface area contributed by atoms with E-state index >= 15 is 0 Å². The van der Waals surface area contributed by atoms with Crippen molar-refractivity contribution in [2.45, 2.75) is 76.7 Å². The fourth-order valence-corrected chi connectivity index (χ4v) is 6.50. The van der Waals surface area contributed by atoms with Crippen molar-refractivity contribution in [2.24, 2.45) is 0 Å². The third-order valence-electron chi connectivity index (χ3n) is 9.29. The van der Waals surface area contributed by atoms with Crippen molar-refractivity contribution < 1.29 is 19.0 Å². The number of halogens is 1. The van der Waals surface area contributed by atoms with Gasteiger partial charge >= 0.3 is 6.03 Å². The number of ether oxygens (including phenoxy) is 3. The molecule has 2 aliphatic rings. The van der Waals surface area contributed by atoms with Gasteiger partial charge in [0, 0.05) is 38.2 Å². The fourth-order valence-electron chi connectivity index (χ4n) is 6.50. The Balaban J connectivity index is 0.00000486. The van der Waals surface area contributed by atoms with Crippen LogP contribution in [0.2, 0.25) is 0 Å². The lowest BCUT2D eigenvalue weighted by molar-refractivity contribution is 0.0292. The molecule has 0 radical (unpaired) electrons. The molecular weight excluding hydrogens is 658 g/mol. The van der Waals surface area contributed by atoms with Gasteiger partial charge in [0.1, 0.15) is 17.7 Å². The summed E-state index contributed by atoms with van der Waals surface area (Å²) in [6.07, 6.45) is 5.50. The Morgan fingerprint density at radius 1 is 1.00 bits per heavy atom. The molecule has 0 bridgehead atoms. The summed E-state index contributed by atoms with van der Waals surface area (Å²) >= 11 is 0. The van der Waals surface area contributed by atoms with Crippen molar-refractivity contribution in [3.63, 3.8) is 0 Å². The molecule has 4 aromatic rings. The van der Waals surface area contributed by atoms with E-state index in [0.717, 1.165) is 86.1 Å². The van der Waals surface area contributed by atoms with E-state index in [1.807, 2.05) is 40.9 Å². The Kier molecular flexibility index (Phi) is 12.3. The van der Waals surface area contributed by atoms with Crippen LogP contribution >= 0.6 is 12.4 Å². The number of urea groups is 1. The van der Waals surface area contributed by atoms with Crippen LogP contribution in [0.25, 0.3) is 5.65 Å². The number of hydrogen-bond acceptors (Lipinski definition) is 9. The quantitative estimate of drug-likeness (QED) is 0.193. The van der Waals surface area contributed by atoms with Gasteiger partial charge in [0.25, 0.3) is 0 Å². The number of piperidine rings is 1. The Hall–Kier alpha value is -3.91. The number of nitrogens with one attached hydrogen (secondary N) is 2. The van der Waals surface area contributed by atoms with Crippen molar-refractivity contribution in [1.29, 1.82) is 0 Å². The van der Waals surface area contributed by atoms with E-state index in [1.165, 1.54) is 0 Å². The number of benzene rings is 1. The molecule has 2 N–H and O–H groups in total. The van der Waals surface area contributed by atoms with Crippen LogP contribution in [0.1, 0.15) is 75.4 Å². The Labute approximate surface area is 301 Å². The van der Waals surface area contributed by atoms with Crippen molar-refractivity contribution in [2.75, 3.05) is 64.3 Å². The molecule has 14 heteroatoms. The summed E-state index contributed by atoms with van der Waals surface area (Å²) in [6, 6.07) is 13.6. The van der Waals surface area contributed by atoms with Crippen molar-refractivity contribution in [1.82, 2.24) is 34.6 Å². The van der Waals surface area contributed by atoms with Gasteiger partial charge in [0.2, 0.25) is 5.95 Å². The molecule has 1 aliphatic carbocycles. The minimum Gasteiger partial charge on any atom is -0.484 e. The van der Waals surface area contributed by atoms with E-state index in [-0.39, 0.29) is 42.1 Å².